The van der Waals surface area contributed by atoms with Gasteiger partial charge in [-0.3, -0.25) is 0 Å². The maximum atomic E-state index is 5.39. The molecule has 2 heteroatoms. The van der Waals surface area contributed by atoms with Gasteiger partial charge in [0.15, 0.2) is 0 Å². The van der Waals surface area contributed by atoms with Crippen LogP contribution in [0, 0.1) is 19.8 Å². The summed E-state index contributed by atoms with van der Waals surface area (Å²) in [7, 11) is 0. The third-order valence-electron chi connectivity index (χ3n) is 3.63. The van der Waals surface area contributed by atoms with Gasteiger partial charge >= 0.3 is 0 Å². The van der Waals surface area contributed by atoms with Gasteiger partial charge in [0.2, 0.25) is 0 Å². The maximum Gasteiger partial charge on any atom is 0.0507 e. The Morgan fingerprint density at radius 3 is 2.88 bits per heavy atom. The summed E-state index contributed by atoms with van der Waals surface area (Å²) < 4.78 is 5.39. The zero-order valence-electron chi connectivity index (χ0n) is 11.1. The number of nitrogens with one attached hydrogen (secondary N) is 1. The van der Waals surface area contributed by atoms with E-state index in [0.29, 0.717) is 12.0 Å². The number of rotatable bonds is 4. The Balaban J connectivity index is 1.91. The zero-order chi connectivity index (χ0) is 12.3. The molecule has 94 valence electrons. The Kier molecular flexibility index (Phi) is 4.19. The smallest absolute Gasteiger partial charge is 0.0507 e. The summed E-state index contributed by atoms with van der Waals surface area (Å²) >= 11 is 0. The van der Waals surface area contributed by atoms with E-state index in [9.17, 15) is 0 Å². The van der Waals surface area contributed by atoms with Crippen molar-refractivity contribution in [1.29, 1.82) is 0 Å². The first-order chi connectivity index (χ1) is 8.16. The van der Waals surface area contributed by atoms with E-state index < -0.39 is 0 Å². The van der Waals surface area contributed by atoms with Crippen molar-refractivity contribution in [3.63, 3.8) is 0 Å². The molecule has 0 amide bonds. The van der Waals surface area contributed by atoms with Crippen LogP contribution in [0.4, 0.5) is 0 Å². The molecule has 1 N–H and O–H groups in total. The predicted molar refractivity (Wildman–Crippen MR) is 71.3 cm³/mol. The lowest BCUT2D eigenvalue weighted by Crippen LogP contribution is -2.26. The second-order valence-corrected chi connectivity index (χ2v) is 5.22. The average Bonchev–Trinajstić information content (AvgIpc) is 2.78. The van der Waals surface area contributed by atoms with Gasteiger partial charge in [-0.05, 0) is 44.2 Å². The van der Waals surface area contributed by atoms with E-state index in [1.165, 1.54) is 23.1 Å². The molecule has 0 saturated carbocycles. The van der Waals surface area contributed by atoms with E-state index in [4.69, 9.17) is 4.74 Å². The SMILES string of the molecule is Cc1ccc(C(C)NCC2CCOC2)c(C)c1. The molecule has 17 heavy (non-hydrogen) atoms. The number of ether oxygens (including phenoxy) is 1. The molecular weight excluding hydrogens is 210 g/mol. The minimum Gasteiger partial charge on any atom is -0.381 e. The third-order valence-corrected chi connectivity index (χ3v) is 3.63. The first-order valence-corrected chi connectivity index (χ1v) is 6.55. The summed E-state index contributed by atoms with van der Waals surface area (Å²) in [5.74, 6) is 0.697. The van der Waals surface area contributed by atoms with Crippen LogP contribution in [0.5, 0.6) is 0 Å². The van der Waals surface area contributed by atoms with Crippen LogP contribution in [0.2, 0.25) is 0 Å². The topological polar surface area (TPSA) is 21.3 Å². The Labute approximate surface area is 104 Å². The molecule has 1 aliphatic rings. The van der Waals surface area contributed by atoms with Crippen molar-refractivity contribution in [2.45, 2.75) is 33.2 Å². The van der Waals surface area contributed by atoms with Gasteiger partial charge in [0.25, 0.3) is 0 Å². The summed E-state index contributed by atoms with van der Waals surface area (Å²) in [5.41, 5.74) is 4.13. The van der Waals surface area contributed by atoms with Gasteiger partial charge in [0, 0.05) is 19.2 Å². The fourth-order valence-corrected chi connectivity index (χ4v) is 2.51. The number of hydrogen-bond acceptors (Lipinski definition) is 2. The number of hydrogen-bond donors (Lipinski definition) is 1. The van der Waals surface area contributed by atoms with Gasteiger partial charge in [-0.25, -0.2) is 0 Å². The number of benzene rings is 1. The van der Waals surface area contributed by atoms with Crippen LogP contribution >= 0.6 is 0 Å². The van der Waals surface area contributed by atoms with E-state index >= 15 is 0 Å². The zero-order valence-corrected chi connectivity index (χ0v) is 11.1. The minimum absolute atomic E-state index is 0.427. The molecule has 2 unspecified atom stereocenters. The quantitative estimate of drug-likeness (QED) is 0.863. The second kappa shape index (κ2) is 5.65. The highest BCUT2D eigenvalue weighted by Crippen LogP contribution is 2.19. The summed E-state index contributed by atoms with van der Waals surface area (Å²) in [6, 6.07) is 7.12. The Morgan fingerprint density at radius 1 is 1.41 bits per heavy atom. The lowest BCUT2D eigenvalue weighted by atomic mass is 9.99. The highest BCUT2D eigenvalue weighted by Gasteiger charge is 2.16. The van der Waals surface area contributed by atoms with Crippen LogP contribution in [-0.4, -0.2) is 19.8 Å². The summed E-state index contributed by atoms with van der Waals surface area (Å²) in [6.07, 6.45) is 1.20. The molecule has 1 fully saturated rings. The van der Waals surface area contributed by atoms with E-state index in [1.807, 2.05) is 0 Å². The number of aryl methyl sites for hydroxylation is 2. The van der Waals surface area contributed by atoms with Crippen molar-refractivity contribution in [3.8, 4) is 0 Å². The molecule has 2 nitrogen and oxygen atoms in total. The maximum absolute atomic E-state index is 5.39. The van der Waals surface area contributed by atoms with Gasteiger partial charge in [0.05, 0.1) is 6.61 Å². The van der Waals surface area contributed by atoms with E-state index in [1.54, 1.807) is 0 Å². The molecule has 1 aliphatic heterocycles. The second-order valence-electron chi connectivity index (χ2n) is 5.22. The molecule has 1 aromatic rings. The van der Waals surface area contributed by atoms with Gasteiger partial charge in [-0.1, -0.05) is 23.8 Å². The Hall–Kier alpha value is -0.860. The molecule has 0 radical (unpaired) electrons. The van der Waals surface area contributed by atoms with Crippen LogP contribution < -0.4 is 5.32 Å². The van der Waals surface area contributed by atoms with Crippen LogP contribution in [0.3, 0.4) is 0 Å². The lowest BCUT2D eigenvalue weighted by molar-refractivity contribution is 0.184. The molecule has 0 aromatic heterocycles. The Morgan fingerprint density at radius 2 is 2.24 bits per heavy atom. The molecule has 1 aromatic carbocycles. The van der Waals surface area contributed by atoms with Crippen LogP contribution in [-0.2, 0) is 4.74 Å². The van der Waals surface area contributed by atoms with E-state index in [2.05, 4.69) is 44.3 Å². The van der Waals surface area contributed by atoms with Crippen LogP contribution in [0.25, 0.3) is 0 Å². The van der Waals surface area contributed by atoms with Crippen molar-refractivity contribution in [2.24, 2.45) is 5.92 Å². The fraction of sp³-hybridized carbons (Fsp3) is 0.600. The highest BCUT2D eigenvalue weighted by molar-refractivity contribution is 5.32. The van der Waals surface area contributed by atoms with E-state index in [-0.39, 0.29) is 0 Å². The van der Waals surface area contributed by atoms with E-state index in [0.717, 1.165) is 19.8 Å². The summed E-state index contributed by atoms with van der Waals surface area (Å²) in [5, 5.41) is 3.62. The molecule has 0 bridgehead atoms. The standard InChI is InChI=1S/C15H23NO/c1-11-4-5-15(12(2)8-11)13(3)16-9-14-6-7-17-10-14/h4-5,8,13-14,16H,6-7,9-10H2,1-3H3. The van der Waals surface area contributed by atoms with Crippen molar-refractivity contribution < 1.29 is 4.74 Å². The largest absolute Gasteiger partial charge is 0.381 e. The molecule has 0 aliphatic carbocycles. The van der Waals surface area contributed by atoms with Crippen LogP contribution in [0.1, 0.15) is 36.1 Å². The predicted octanol–water partition coefficient (Wildman–Crippen LogP) is 2.99. The van der Waals surface area contributed by atoms with Crippen molar-refractivity contribution in [3.05, 3.63) is 34.9 Å². The third kappa shape index (κ3) is 3.30. The fourth-order valence-electron chi connectivity index (χ4n) is 2.51. The first-order valence-electron chi connectivity index (χ1n) is 6.55. The molecule has 0 spiro atoms. The highest BCUT2D eigenvalue weighted by atomic mass is 16.5. The molecule has 1 heterocycles. The Bertz CT molecular complexity index is 369. The van der Waals surface area contributed by atoms with Gasteiger partial charge < -0.3 is 10.1 Å². The minimum atomic E-state index is 0.427. The average molecular weight is 233 g/mol. The van der Waals surface area contributed by atoms with Crippen molar-refractivity contribution >= 4 is 0 Å². The normalized spacial score (nSPS) is 21.7. The molecule has 2 atom stereocenters. The summed E-state index contributed by atoms with van der Waals surface area (Å²) in [4.78, 5) is 0. The van der Waals surface area contributed by atoms with Gasteiger partial charge in [-0.15, -0.1) is 0 Å². The first kappa shape index (κ1) is 12.6. The van der Waals surface area contributed by atoms with Gasteiger partial charge in [0.1, 0.15) is 0 Å². The van der Waals surface area contributed by atoms with Crippen molar-refractivity contribution in [1.82, 2.24) is 5.32 Å². The van der Waals surface area contributed by atoms with Crippen LogP contribution in [0.15, 0.2) is 18.2 Å². The molecule has 1 saturated heterocycles. The van der Waals surface area contributed by atoms with Gasteiger partial charge in [-0.2, -0.15) is 0 Å². The monoisotopic (exact) mass is 233 g/mol. The molecule has 2 rings (SSSR count). The van der Waals surface area contributed by atoms with Crippen molar-refractivity contribution in [2.75, 3.05) is 19.8 Å². The molecular formula is C15H23NO. The lowest BCUT2D eigenvalue weighted by Gasteiger charge is -2.19. The summed E-state index contributed by atoms with van der Waals surface area (Å²) in [6.45, 7) is 9.50.